The number of halogens is 2. The van der Waals surface area contributed by atoms with Crippen LogP contribution in [0.15, 0.2) is 24.4 Å². The molecule has 5 heteroatoms. The summed E-state index contributed by atoms with van der Waals surface area (Å²) in [6.45, 7) is 4.07. The number of imidazole rings is 1. The maximum Gasteiger partial charge on any atom is 0.139 e. The highest BCUT2D eigenvalue weighted by molar-refractivity contribution is 6.43. The monoisotopic (exact) mass is 307 g/mol. The molecule has 1 N–H and O–H groups in total. The van der Waals surface area contributed by atoms with Crippen molar-refractivity contribution in [1.29, 1.82) is 0 Å². The summed E-state index contributed by atoms with van der Waals surface area (Å²) in [5, 5.41) is 1.08. The third-order valence-corrected chi connectivity index (χ3v) is 4.15. The van der Waals surface area contributed by atoms with Crippen molar-refractivity contribution in [2.24, 2.45) is 0 Å². The van der Waals surface area contributed by atoms with Crippen LogP contribution < -0.4 is 0 Å². The third-order valence-electron chi connectivity index (χ3n) is 3.33. The molecule has 0 fully saturated rings. The maximum absolute atomic E-state index is 6.25. The molecule has 1 aliphatic rings. The van der Waals surface area contributed by atoms with Crippen LogP contribution in [0.3, 0.4) is 0 Å². The van der Waals surface area contributed by atoms with Gasteiger partial charge in [0.2, 0.25) is 0 Å². The van der Waals surface area contributed by atoms with E-state index in [-0.39, 0.29) is 0 Å². The van der Waals surface area contributed by atoms with Crippen molar-refractivity contribution in [1.82, 2.24) is 14.9 Å². The first-order valence-electron chi connectivity index (χ1n) is 6.64. The molecule has 0 saturated heterocycles. The van der Waals surface area contributed by atoms with Gasteiger partial charge in [0.05, 0.1) is 28.0 Å². The molecule has 0 radical (unpaired) electrons. The van der Waals surface area contributed by atoms with Crippen molar-refractivity contribution >= 4 is 29.3 Å². The van der Waals surface area contributed by atoms with Gasteiger partial charge in [-0.25, -0.2) is 4.98 Å². The summed E-state index contributed by atoms with van der Waals surface area (Å²) in [5.74, 6) is 0.769. The fraction of sp³-hybridized carbons (Fsp3) is 0.267. The second kappa shape index (κ2) is 5.51. The predicted octanol–water partition coefficient (Wildman–Crippen LogP) is 4.58. The van der Waals surface area contributed by atoms with E-state index in [2.05, 4.69) is 28.0 Å². The number of aromatic nitrogens is 2. The van der Waals surface area contributed by atoms with E-state index in [1.165, 1.54) is 0 Å². The second-order valence-electron chi connectivity index (χ2n) is 4.84. The molecule has 104 valence electrons. The predicted molar refractivity (Wildman–Crippen MR) is 83.8 cm³/mol. The molecule has 2 heterocycles. The van der Waals surface area contributed by atoms with E-state index in [1.54, 1.807) is 6.07 Å². The van der Waals surface area contributed by atoms with Gasteiger partial charge in [0.1, 0.15) is 5.82 Å². The highest BCUT2D eigenvalue weighted by atomic mass is 35.5. The number of fused-ring (bicyclic) bond motifs is 1. The van der Waals surface area contributed by atoms with Gasteiger partial charge in [-0.2, -0.15) is 0 Å². The van der Waals surface area contributed by atoms with Crippen molar-refractivity contribution in [3.05, 3.63) is 45.8 Å². The zero-order chi connectivity index (χ0) is 14.1. The van der Waals surface area contributed by atoms with Crippen molar-refractivity contribution in [3.63, 3.8) is 0 Å². The Hall–Kier alpha value is -1.45. The first-order valence-corrected chi connectivity index (χ1v) is 7.40. The van der Waals surface area contributed by atoms with Crippen LogP contribution in [0.2, 0.25) is 10.0 Å². The van der Waals surface area contributed by atoms with Crippen molar-refractivity contribution in [2.45, 2.75) is 19.9 Å². The lowest BCUT2D eigenvalue weighted by Crippen LogP contribution is -2.20. The fourth-order valence-corrected chi connectivity index (χ4v) is 2.76. The molecule has 1 aromatic heterocycles. The SMILES string of the molecule is CCCN1C=Cc2nc(-c3cccc(Cl)c3Cl)[nH]c2C1. The van der Waals surface area contributed by atoms with Gasteiger partial charge < -0.3 is 9.88 Å². The number of rotatable bonds is 3. The minimum atomic E-state index is 0.537. The molecule has 0 saturated carbocycles. The minimum Gasteiger partial charge on any atom is -0.371 e. The Bertz CT molecular complexity index is 661. The molecular formula is C15H15Cl2N3. The van der Waals surface area contributed by atoms with Crippen LogP contribution in [-0.4, -0.2) is 21.4 Å². The van der Waals surface area contributed by atoms with Crippen LogP contribution in [0.1, 0.15) is 24.7 Å². The quantitative estimate of drug-likeness (QED) is 0.900. The normalized spacial score (nSPS) is 13.7. The number of benzene rings is 1. The van der Waals surface area contributed by atoms with E-state index in [0.29, 0.717) is 10.0 Å². The lowest BCUT2D eigenvalue weighted by molar-refractivity contribution is 0.362. The Morgan fingerprint density at radius 2 is 2.20 bits per heavy atom. The summed E-state index contributed by atoms with van der Waals surface area (Å²) in [6, 6.07) is 5.58. The Balaban J connectivity index is 1.95. The maximum atomic E-state index is 6.25. The molecule has 0 amide bonds. The van der Waals surface area contributed by atoms with Gasteiger partial charge in [-0.15, -0.1) is 0 Å². The Kier molecular flexibility index (Phi) is 3.72. The van der Waals surface area contributed by atoms with Crippen molar-refractivity contribution in [3.8, 4) is 11.4 Å². The van der Waals surface area contributed by atoms with Gasteiger partial charge in [0, 0.05) is 18.3 Å². The van der Waals surface area contributed by atoms with Crippen LogP contribution in [0.5, 0.6) is 0 Å². The number of hydrogen-bond donors (Lipinski definition) is 1. The van der Waals surface area contributed by atoms with Gasteiger partial charge in [-0.3, -0.25) is 0 Å². The van der Waals surface area contributed by atoms with Gasteiger partial charge in [0.25, 0.3) is 0 Å². The number of nitrogens with one attached hydrogen (secondary N) is 1. The highest BCUT2D eigenvalue weighted by Gasteiger charge is 2.17. The number of H-pyrrole nitrogens is 1. The molecular weight excluding hydrogens is 293 g/mol. The van der Waals surface area contributed by atoms with Gasteiger partial charge in [-0.05, 0) is 24.6 Å². The Labute approximate surface area is 128 Å². The summed E-state index contributed by atoms with van der Waals surface area (Å²) in [7, 11) is 0. The molecule has 3 rings (SSSR count). The van der Waals surface area contributed by atoms with E-state index in [4.69, 9.17) is 23.2 Å². The van der Waals surface area contributed by atoms with Gasteiger partial charge >= 0.3 is 0 Å². The number of aromatic amines is 1. The molecule has 0 bridgehead atoms. The molecule has 1 aromatic carbocycles. The first-order chi connectivity index (χ1) is 9.69. The van der Waals surface area contributed by atoms with Crippen molar-refractivity contribution in [2.75, 3.05) is 6.54 Å². The minimum absolute atomic E-state index is 0.537. The summed E-state index contributed by atoms with van der Waals surface area (Å²) >= 11 is 12.3. The summed E-state index contributed by atoms with van der Waals surface area (Å²) in [4.78, 5) is 10.2. The molecule has 3 nitrogen and oxygen atoms in total. The van der Waals surface area contributed by atoms with Crippen LogP contribution in [0.25, 0.3) is 17.5 Å². The van der Waals surface area contributed by atoms with E-state index in [0.717, 1.165) is 42.3 Å². The molecule has 0 aliphatic carbocycles. The standard InChI is InChI=1S/C15H15Cl2N3/c1-2-7-20-8-6-12-13(9-20)19-15(18-12)10-4-3-5-11(16)14(10)17/h3-6,8H,2,7,9H2,1H3,(H,18,19). The third kappa shape index (κ3) is 2.43. The van der Waals surface area contributed by atoms with Crippen LogP contribution >= 0.6 is 23.2 Å². The van der Waals surface area contributed by atoms with Gasteiger partial charge in [0.15, 0.2) is 0 Å². The van der Waals surface area contributed by atoms with Crippen molar-refractivity contribution < 1.29 is 0 Å². The topological polar surface area (TPSA) is 31.9 Å². The second-order valence-corrected chi connectivity index (χ2v) is 5.62. The number of hydrogen-bond acceptors (Lipinski definition) is 2. The Morgan fingerprint density at radius 1 is 1.35 bits per heavy atom. The van der Waals surface area contributed by atoms with E-state index in [9.17, 15) is 0 Å². The molecule has 0 atom stereocenters. The zero-order valence-electron chi connectivity index (χ0n) is 11.2. The average molecular weight is 308 g/mol. The summed E-state index contributed by atoms with van der Waals surface area (Å²) in [5.41, 5.74) is 2.93. The van der Waals surface area contributed by atoms with Crippen LogP contribution in [-0.2, 0) is 6.54 Å². The largest absolute Gasteiger partial charge is 0.371 e. The lowest BCUT2D eigenvalue weighted by atomic mass is 10.2. The van der Waals surface area contributed by atoms with Gasteiger partial charge in [-0.1, -0.05) is 36.2 Å². The average Bonchev–Trinajstić information content (AvgIpc) is 2.85. The lowest BCUT2D eigenvalue weighted by Gasteiger charge is -2.21. The smallest absolute Gasteiger partial charge is 0.139 e. The van der Waals surface area contributed by atoms with E-state index in [1.807, 2.05) is 18.2 Å². The number of nitrogens with zero attached hydrogens (tertiary/aromatic N) is 2. The molecule has 1 aliphatic heterocycles. The molecule has 0 spiro atoms. The summed E-state index contributed by atoms with van der Waals surface area (Å²) < 4.78 is 0. The summed E-state index contributed by atoms with van der Waals surface area (Å²) in [6.07, 6.45) is 5.25. The Morgan fingerprint density at radius 3 is 3.00 bits per heavy atom. The molecule has 20 heavy (non-hydrogen) atoms. The molecule has 0 unspecified atom stereocenters. The zero-order valence-corrected chi connectivity index (χ0v) is 12.7. The first kappa shape index (κ1) is 13.5. The van der Waals surface area contributed by atoms with E-state index >= 15 is 0 Å². The van der Waals surface area contributed by atoms with Crippen LogP contribution in [0, 0.1) is 0 Å². The fourth-order valence-electron chi connectivity index (χ4n) is 2.37. The molecule has 2 aromatic rings. The van der Waals surface area contributed by atoms with E-state index < -0.39 is 0 Å². The van der Waals surface area contributed by atoms with Crippen LogP contribution in [0.4, 0.5) is 0 Å². The highest BCUT2D eigenvalue weighted by Crippen LogP contribution is 2.33.